The van der Waals surface area contributed by atoms with Crippen molar-refractivity contribution in [3.8, 4) is 5.75 Å². The summed E-state index contributed by atoms with van der Waals surface area (Å²) in [5.74, 6) is 0.978. The molecule has 0 spiro atoms. The van der Waals surface area contributed by atoms with Crippen LogP contribution >= 0.6 is 0 Å². The predicted octanol–water partition coefficient (Wildman–Crippen LogP) is 2.13. The molecule has 0 aliphatic rings. The Balaban J connectivity index is 2.36. The Hall–Kier alpha value is -1.06. The first kappa shape index (κ1) is 14.0. The average molecular weight is 236 g/mol. The predicted molar refractivity (Wildman–Crippen MR) is 72.5 cm³/mol. The molecule has 1 aromatic carbocycles. The smallest absolute Gasteiger partial charge is 0.123 e. The van der Waals surface area contributed by atoms with Crippen LogP contribution < -0.4 is 10.1 Å². The quantitative estimate of drug-likeness (QED) is 0.700. The van der Waals surface area contributed by atoms with Crippen LogP contribution in [0.25, 0.3) is 0 Å². The molecule has 0 amide bonds. The average Bonchev–Trinajstić information content (AvgIpc) is 2.35. The fourth-order valence-electron chi connectivity index (χ4n) is 1.85. The van der Waals surface area contributed by atoms with E-state index in [-0.39, 0.29) is 0 Å². The van der Waals surface area contributed by atoms with Crippen molar-refractivity contribution in [2.75, 3.05) is 33.8 Å². The van der Waals surface area contributed by atoms with Gasteiger partial charge in [0.15, 0.2) is 0 Å². The third-order valence-electron chi connectivity index (χ3n) is 2.78. The molecule has 1 rings (SSSR count). The Morgan fingerprint density at radius 1 is 1.29 bits per heavy atom. The van der Waals surface area contributed by atoms with Crippen LogP contribution in [0, 0.1) is 0 Å². The summed E-state index contributed by atoms with van der Waals surface area (Å²) in [4.78, 5) is 2.33. The van der Waals surface area contributed by atoms with E-state index >= 15 is 0 Å². The second kappa shape index (κ2) is 8.09. The number of hydrogen-bond donors (Lipinski definition) is 1. The number of nitrogens with zero attached hydrogens (tertiary/aromatic N) is 1. The zero-order valence-electron chi connectivity index (χ0n) is 11.2. The first-order valence-electron chi connectivity index (χ1n) is 6.29. The third kappa shape index (κ3) is 5.20. The molecular weight excluding hydrogens is 212 g/mol. The van der Waals surface area contributed by atoms with Gasteiger partial charge in [0.05, 0.1) is 7.11 Å². The van der Waals surface area contributed by atoms with E-state index in [0.29, 0.717) is 0 Å². The van der Waals surface area contributed by atoms with E-state index in [0.717, 1.165) is 31.9 Å². The molecule has 0 radical (unpaired) electrons. The minimum atomic E-state index is 0.941. The van der Waals surface area contributed by atoms with Crippen molar-refractivity contribution < 1.29 is 4.74 Å². The Bertz CT molecular complexity index is 315. The van der Waals surface area contributed by atoms with Gasteiger partial charge in [0, 0.05) is 12.1 Å². The maximum absolute atomic E-state index is 5.35. The zero-order chi connectivity index (χ0) is 12.5. The molecule has 0 bridgehead atoms. The first-order chi connectivity index (χ1) is 8.27. The number of ether oxygens (including phenoxy) is 1. The van der Waals surface area contributed by atoms with E-state index in [2.05, 4.69) is 36.3 Å². The lowest BCUT2D eigenvalue weighted by Gasteiger charge is -2.18. The van der Waals surface area contributed by atoms with Gasteiger partial charge in [-0.2, -0.15) is 0 Å². The summed E-state index contributed by atoms with van der Waals surface area (Å²) in [5.41, 5.74) is 1.25. The van der Waals surface area contributed by atoms with Gasteiger partial charge in [-0.25, -0.2) is 0 Å². The van der Waals surface area contributed by atoms with Crippen LogP contribution in [0.3, 0.4) is 0 Å². The molecule has 0 fully saturated rings. The van der Waals surface area contributed by atoms with Gasteiger partial charge in [-0.05, 0) is 39.2 Å². The zero-order valence-corrected chi connectivity index (χ0v) is 11.2. The molecular formula is C14H24N2O. The van der Waals surface area contributed by atoms with Gasteiger partial charge in [-0.1, -0.05) is 25.1 Å². The summed E-state index contributed by atoms with van der Waals surface area (Å²) in [6.45, 7) is 6.32. The van der Waals surface area contributed by atoms with Crippen molar-refractivity contribution in [3.05, 3.63) is 29.8 Å². The van der Waals surface area contributed by atoms with Crippen molar-refractivity contribution in [2.45, 2.75) is 19.9 Å². The van der Waals surface area contributed by atoms with Crippen molar-refractivity contribution in [1.82, 2.24) is 10.2 Å². The second-order valence-corrected chi connectivity index (χ2v) is 4.26. The highest BCUT2D eigenvalue weighted by Gasteiger charge is 2.04. The van der Waals surface area contributed by atoms with E-state index in [1.54, 1.807) is 7.11 Å². The molecule has 0 aliphatic carbocycles. The summed E-state index contributed by atoms with van der Waals surface area (Å²) in [6.07, 6.45) is 1.18. The topological polar surface area (TPSA) is 24.5 Å². The maximum Gasteiger partial charge on any atom is 0.123 e. The van der Waals surface area contributed by atoms with Crippen molar-refractivity contribution in [1.29, 1.82) is 0 Å². The number of nitrogens with one attached hydrogen (secondary N) is 1. The van der Waals surface area contributed by atoms with Crippen LogP contribution in [0.4, 0.5) is 0 Å². The highest BCUT2D eigenvalue weighted by molar-refractivity contribution is 5.32. The Kier molecular flexibility index (Phi) is 6.67. The number of rotatable bonds is 8. The molecule has 3 nitrogen and oxygen atoms in total. The van der Waals surface area contributed by atoms with Gasteiger partial charge in [0.25, 0.3) is 0 Å². The van der Waals surface area contributed by atoms with Crippen LogP contribution in [0.1, 0.15) is 18.9 Å². The van der Waals surface area contributed by atoms with Gasteiger partial charge < -0.3 is 15.0 Å². The van der Waals surface area contributed by atoms with E-state index in [1.165, 1.54) is 12.0 Å². The SMILES string of the molecule is CCNCCCN(C)Cc1ccccc1OC. The molecule has 0 saturated heterocycles. The molecule has 17 heavy (non-hydrogen) atoms. The molecule has 0 saturated carbocycles. The molecule has 1 N–H and O–H groups in total. The van der Waals surface area contributed by atoms with Gasteiger partial charge in [-0.15, -0.1) is 0 Å². The van der Waals surface area contributed by atoms with E-state index in [4.69, 9.17) is 4.74 Å². The molecule has 1 aromatic rings. The molecule has 0 aromatic heterocycles. The van der Waals surface area contributed by atoms with Crippen molar-refractivity contribution >= 4 is 0 Å². The monoisotopic (exact) mass is 236 g/mol. The largest absolute Gasteiger partial charge is 0.496 e. The molecule has 0 aliphatic heterocycles. The molecule has 0 atom stereocenters. The van der Waals surface area contributed by atoms with E-state index in [9.17, 15) is 0 Å². The summed E-state index contributed by atoms with van der Waals surface area (Å²) >= 11 is 0. The first-order valence-corrected chi connectivity index (χ1v) is 6.29. The highest BCUT2D eigenvalue weighted by atomic mass is 16.5. The Morgan fingerprint density at radius 2 is 2.06 bits per heavy atom. The third-order valence-corrected chi connectivity index (χ3v) is 2.78. The van der Waals surface area contributed by atoms with Crippen molar-refractivity contribution in [2.24, 2.45) is 0 Å². The highest BCUT2D eigenvalue weighted by Crippen LogP contribution is 2.18. The van der Waals surface area contributed by atoms with E-state index < -0.39 is 0 Å². The van der Waals surface area contributed by atoms with Crippen LogP contribution in [0.5, 0.6) is 5.75 Å². The van der Waals surface area contributed by atoms with Crippen molar-refractivity contribution in [3.63, 3.8) is 0 Å². The summed E-state index contributed by atoms with van der Waals surface area (Å²) in [5, 5.41) is 3.34. The lowest BCUT2D eigenvalue weighted by Crippen LogP contribution is -2.23. The van der Waals surface area contributed by atoms with Crippen LogP contribution in [0.2, 0.25) is 0 Å². The fourth-order valence-corrected chi connectivity index (χ4v) is 1.85. The van der Waals surface area contributed by atoms with Gasteiger partial charge in [0.2, 0.25) is 0 Å². The molecule has 0 unspecified atom stereocenters. The second-order valence-electron chi connectivity index (χ2n) is 4.26. The fraction of sp³-hybridized carbons (Fsp3) is 0.571. The standard InChI is InChI=1S/C14H24N2O/c1-4-15-10-7-11-16(2)12-13-8-5-6-9-14(13)17-3/h5-6,8-9,15H,4,7,10-12H2,1-3H3. The maximum atomic E-state index is 5.35. The molecule has 3 heteroatoms. The summed E-state index contributed by atoms with van der Waals surface area (Å²) < 4.78 is 5.35. The molecule has 0 heterocycles. The van der Waals surface area contributed by atoms with Gasteiger partial charge in [0.1, 0.15) is 5.75 Å². The van der Waals surface area contributed by atoms with Crippen LogP contribution in [-0.2, 0) is 6.54 Å². The van der Waals surface area contributed by atoms with Crippen LogP contribution in [0.15, 0.2) is 24.3 Å². The van der Waals surface area contributed by atoms with Gasteiger partial charge in [-0.3, -0.25) is 0 Å². The van der Waals surface area contributed by atoms with E-state index in [1.807, 2.05) is 12.1 Å². The normalized spacial score (nSPS) is 10.8. The summed E-state index contributed by atoms with van der Waals surface area (Å²) in [6, 6.07) is 8.21. The molecule has 96 valence electrons. The lowest BCUT2D eigenvalue weighted by molar-refractivity contribution is 0.311. The minimum Gasteiger partial charge on any atom is -0.496 e. The number of hydrogen-bond acceptors (Lipinski definition) is 3. The number of para-hydroxylation sites is 1. The Morgan fingerprint density at radius 3 is 2.76 bits per heavy atom. The van der Waals surface area contributed by atoms with Crippen LogP contribution in [-0.4, -0.2) is 38.7 Å². The Labute approximate surface area is 105 Å². The lowest BCUT2D eigenvalue weighted by atomic mass is 10.2. The summed E-state index contributed by atoms with van der Waals surface area (Å²) in [7, 11) is 3.88. The number of methoxy groups -OCH3 is 1. The minimum absolute atomic E-state index is 0.941. The number of benzene rings is 1. The van der Waals surface area contributed by atoms with Gasteiger partial charge >= 0.3 is 0 Å².